The van der Waals surface area contributed by atoms with Crippen molar-refractivity contribution in [3.05, 3.63) is 34.9 Å². The van der Waals surface area contributed by atoms with Crippen molar-refractivity contribution < 1.29 is 9.53 Å². The predicted octanol–water partition coefficient (Wildman–Crippen LogP) is 3.45. The highest BCUT2D eigenvalue weighted by molar-refractivity contribution is 6.30. The summed E-state index contributed by atoms with van der Waals surface area (Å²) in [4.78, 5) is 14.6. The van der Waals surface area contributed by atoms with Gasteiger partial charge < -0.3 is 15.4 Å². The highest BCUT2D eigenvalue weighted by Gasteiger charge is 2.22. The molecule has 0 aliphatic carbocycles. The van der Waals surface area contributed by atoms with Gasteiger partial charge in [-0.15, -0.1) is 0 Å². The molecule has 0 bridgehead atoms. The van der Waals surface area contributed by atoms with Crippen LogP contribution in [0.1, 0.15) is 38.8 Å². The lowest BCUT2D eigenvalue weighted by Crippen LogP contribution is -2.50. The molecule has 0 saturated carbocycles. The van der Waals surface area contributed by atoms with Gasteiger partial charge in [0.1, 0.15) is 0 Å². The number of rotatable bonds is 7. The molecule has 0 aromatic heterocycles. The molecule has 1 aliphatic heterocycles. The van der Waals surface area contributed by atoms with E-state index in [0.717, 1.165) is 38.2 Å². The van der Waals surface area contributed by atoms with Crippen molar-refractivity contribution in [1.29, 1.82) is 0 Å². The normalized spacial score (nSPS) is 19.6. The monoisotopic (exact) mass is 367 g/mol. The van der Waals surface area contributed by atoms with Crippen molar-refractivity contribution in [3.63, 3.8) is 0 Å². The Balaban J connectivity index is 1.78. The van der Waals surface area contributed by atoms with Gasteiger partial charge in [0.15, 0.2) is 0 Å². The highest BCUT2D eigenvalue weighted by Crippen LogP contribution is 2.19. The molecule has 140 valence electrons. The first-order valence-electron chi connectivity index (χ1n) is 9.11. The third-order valence-corrected chi connectivity index (χ3v) is 4.57. The second-order valence-electron chi connectivity index (χ2n) is 7.01. The van der Waals surface area contributed by atoms with Crippen molar-refractivity contribution >= 4 is 17.6 Å². The lowest BCUT2D eigenvalue weighted by atomic mass is 10.1. The summed E-state index contributed by atoms with van der Waals surface area (Å²) in [5, 5.41) is 6.67. The van der Waals surface area contributed by atoms with Crippen molar-refractivity contribution in [1.82, 2.24) is 15.5 Å². The molecule has 1 saturated heterocycles. The van der Waals surface area contributed by atoms with E-state index in [-0.39, 0.29) is 18.2 Å². The Bertz CT molecular complexity index is 536. The van der Waals surface area contributed by atoms with Crippen LogP contribution in [0.25, 0.3) is 0 Å². The summed E-state index contributed by atoms with van der Waals surface area (Å²) in [6.07, 6.45) is 0.866. The van der Waals surface area contributed by atoms with E-state index in [1.807, 2.05) is 31.2 Å². The number of hydrogen-bond acceptors (Lipinski definition) is 3. The Hall–Kier alpha value is -1.30. The van der Waals surface area contributed by atoms with Gasteiger partial charge in [0.2, 0.25) is 0 Å². The number of hydrogen-bond donors (Lipinski definition) is 2. The molecular weight excluding hydrogens is 338 g/mol. The summed E-state index contributed by atoms with van der Waals surface area (Å²) in [5.41, 5.74) is 1.05. The average Bonchev–Trinajstić information content (AvgIpc) is 2.58. The van der Waals surface area contributed by atoms with Crippen LogP contribution in [0.2, 0.25) is 5.02 Å². The quantitative estimate of drug-likeness (QED) is 0.776. The molecule has 6 heteroatoms. The maximum Gasteiger partial charge on any atom is 0.315 e. The second-order valence-corrected chi connectivity index (χ2v) is 7.45. The van der Waals surface area contributed by atoms with Crippen molar-refractivity contribution in [2.75, 3.05) is 32.8 Å². The maximum absolute atomic E-state index is 12.2. The average molecular weight is 368 g/mol. The minimum Gasteiger partial charge on any atom is -0.374 e. The lowest BCUT2D eigenvalue weighted by Gasteiger charge is -2.34. The van der Waals surface area contributed by atoms with Gasteiger partial charge in [-0.1, -0.05) is 44.5 Å². The summed E-state index contributed by atoms with van der Waals surface area (Å²) < 4.78 is 5.77. The molecule has 2 N–H and O–H groups in total. The molecule has 1 aromatic carbocycles. The fraction of sp³-hybridized carbons (Fsp3) is 0.632. The van der Waals surface area contributed by atoms with Crippen molar-refractivity contribution in [3.8, 4) is 0 Å². The first-order valence-corrected chi connectivity index (χ1v) is 9.49. The van der Waals surface area contributed by atoms with E-state index in [2.05, 4.69) is 29.4 Å². The summed E-state index contributed by atoms with van der Waals surface area (Å²) in [5.74, 6) is 0.639. The number of carbonyl (C=O) groups is 1. The third kappa shape index (κ3) is 6.84. The van der Waals surface area contributed by atoms with E-state index >= 15 is 0 Å². The zero-order chi connectivity index (χ0) is 18.2. The molecule has 0 spiro atoms. The Labute approximate surface area is 156 Å². The van der Waals surface area contributed by atoms with Gasteiger partial charge in [-0.25, -0.2) is 4.79 Å². The molecule has 2 unspecified atom stereocenters. The summed E-state index contributed by atoms with van der Waals surface area (Å²) >= 11 is 5.93. The van der Waals surface area contributed by atoms with Crippen LogP contribution in [-0.4, -0.2) is 49.8 Å². The lowest BCUT2D eigenvalue weighted by molar-refractivity contribution is -0.0290. The smallest absolute Gasteiger partial charge is 0.315 e. The fourth-order valence-corrected chi connectivity index (χ4v) is 3.24. The molecule has 1 heterocycles. The number of carbonyl (C=O) groups excluding carboxylic acids is 1. The van der Waals surface area contributed by atoms with Gasteiger partial charge in [-0.3, -0.25) is 4.90 Å². The molecular formula is C19H30ClN3O2. The molecule has 5 nitrogen and oxygen atoms in total. The van der Waals surface area contributed by atoms with E-state index in [0.29, 0.717) is 17.5 Å². The molecule has 2 atom stereocenters. The minimum absolute atomic E-state index is 0.0259. The summed E-state index contributed by atoms with van der Waals surface area (Å²) in [6, 6.07) is 7.40. The number of amides is 2. The van der Waals surface area contributed by atoms with Gasteiger partial charge in [0, 0.05) is 31.2 Å². The SMILES string of the molecule is CCC(NC(=O)NCC1CN(CC(C)C)CCO1)c1ccc(Cl)cc1. The molecule has 1 aromatic rings. The number of morpholine rings is 1. The Morgan fingerprint density at radius 2 is 2.08 bits per heavy atom. The highest BCUT2D eigenvalue weighted by atomic mass is 35.5. The van der Waals surface area contributed by atoms with Crippen LogP contribution in [0.3, 0.4) is 0 Å². The van der Waals surface area contributed by atoms with Crippen LogP contribution in [0.4, 0.5) is 4.79 Å². The minimum atomic E-state index is -0.161. The van der Waals surface area contributed by atoms with Gasteiger partial charge in [-0.05, 0) is 30.0 Å². The van der Waals surface area contributed by atoms with Gasteiger partial charge >= 0.3 is 6.03 Å². The number of urea groups is 1. The molecule has 1 aliphatic rings. The van der Waals surface area contributed by atoms with Crippen LogP contribution < -0.4 is 10.6 Å². The van der Waals surface area contributed by atoms with Gasteiger partial charge in [0.05, 0.1) is 18.8 Å². The number of nitrogens with one attached hydrogen (secondary N) is 2. The molecule has 25 heavy (non-hydrogen) atoms. The van der Waals surface area contributed by atoms with Crippen LogP contribution in [0, 0.1) is 5.92 Å². The zero-order valence-electron chi connectivity index (χ0n) is 15.4. The molecule has 2 rings (SSSR count). The zero-order valence-corrected chi connectivity index (χ0v) is 16.2. The van der Waals surface area contributed by atoms with E-state index in [1.165, 1.54) is 0 Å². The predicted molar refractivity (Wildman–Crippen MR) is 102 cm³/mol. The molecule has 2 amide bonds. The van der Waals surface area contributed by atoms with E-state index in [9.17, 15) is 4.79 Å². The van der Waals surface area contributed by atoms with Crippen molar-refractivity contribution in [2.24, 2.45) is 5.92 Å². The second kappa shape index (κ2) is 10.00. The van der Waals surface area contributed by atoms with E-state index in [1.54, 1.807) is 0 Å². The standard InChI is InChI=1S/C19H30ClN3O2/c1-4-18(15-5-7-16(20)8-6-15)22-19(24)21-11-17-13-23(9-10-25-17)12-14(2)3/h5-8,14,17-18H,4,9-13H2,1-3H3,(H2,21,22,24). The molecule has 1 fully saturated rings. The van der Waals surface area contributed by atoms with Crippen LogP contribution in [0.5, 0.6) is 0 Å². The Morgan fingerprint density at radius 3 is 2.72 bits per heavy atom. The van der Waals surface area contributed by atoms with Gasteiger partial charge in [0.25, 0.3) is 0 Å². The largest absolute Gasteiger partial charge is 0.374 e. The van der Waals surface area contributed by atoms with Crippen molar-refractivity contribution in [2.45, 2.75) is 39.3 Å². The number of halogens is 1. The first kappa shape index (κ1) is 20.0. The number of ether oxygens (including phenoxy) is 1. The van der Waals surface area contributed by atoms with Crippen LogP contribution in [-0.2, 0) is 4.74 Å². The Kier molecular flexibility index (Phi) is 8.00. The summed E-state index contributed by atoms with van der Waals surface area (Å²) in [7, 11) is 0. The van der Waals surface area contributed by atoms with Crippen LogP contribution in [0.15, 0.2) is 24.3 Å². The maximum atomic E-state index is 12.2. The van der Waals surface area contributed by atoms with E-state index in [4.69, 9.17) is 16.3 Å². The number of nitrogens with zero attached hydrogens (tertiary/aromatic N) is 1. The van der Waals surface area contributed by atoms with E-state index < -0.39 is 0 Å². The van der Waals surface area contributed by atoms with Crippen LogP contribution >= 0.6 is 11.6 Å². The first-order chi connectivity index (χ1) is 12.0. The van der Waals surface area contributed by atoms with Gasteiger partial charge in [-0.2, -0.15) is 0 Å². The Morgan fingerprint density at radius 1 is 1.36 bits per heavy atom. The third-order valence-electron chi connectivity index (χ3n) is 4.32. The topological polar surface area (TPSA) is 53.6 Å². The molecule has 0 radical (unpaired) electrons. The fourth-order valence-electron chi connectivity index (χ4n) is 3.12. The summed E-state index contributed by atoms with van der Waals surface area (Å²) in [6.45, 7) is 10.6. The number of benzene rings is 1.